The summed E-state index contributed by atoms with van der Waals surface area (Å²) in [4.78, 5) is 10.6. The van der Waals surface area contributed by atoms with Crippen LogP contribution in [0.4, 0.5) is 0 Å². The molecule has 1 aromatic rings. The Bertz CT molecular complexity index is 438. The molecule has 1 heterocycles. The molecule has 0 bridgehead atoms. The first kappa shape index (κ1) is 13.7. The maximum Gasteiger partial charge on any atom is 0.313 e. The van der Waals surface area contributed by atoms with Crippen molar-refractivity contribution < 1.29 is 9.90 Å². The van der Waals surface area contributed by atoms with Gasteiger partial charge in [0.1, 0.15) is 5.82 Å². The minimum atomic E-state index is -0.824. The van der Waals surface area contributed by atoms with Gasteiger partial charge in [-0.3, -0.25) is 4.79 Å². The largest absolute Gasteiger partial charge is 0.481 e. The molecule has 1 N–H and O–H groups in total. The molecule has 1 saturated carbocycles. The van der Waals surface area contributed by atoms with E-state index in [0.29, 0.717) is 4.75 Å². The zero-order valence-electron chi connectivity index (χ0n) is 10.5. The second-order valence-corrected chi connectivity index (χ2v) is 6.76. The van der Waals surface area contributed by atoms with Gasteiger partial charge in [-0.1, -0.05) is 18.2 Å². The highest BCUT2D eigenvalue weighted by atomic mass is 32.2. The smallest absolute Gasteiger partial charge is 0.313 e. The van der Waals surface area contributed by atoms with Crippen LogP contribution in [-0.2, 0) is 11.3 Å². The summed E-state index contributed by atoms with van der Waals surface area (Å²) in [7, 11) is 0. The van der Waals surface area contributed by atoms with Crippen molar-refractivity contribution >= 4 is 29.5 Å². The lowest BCUT2D eigenvalue weighted by atomic mass is 9.84. The Morgan fingerprint density at radius 2 is 2.22 bits per heavy atom. The third kappa shape index (κ3) is 2.83. The van der Waals surface area contributed by atoms with E-state index in [9.17, 15) is 4.79 Å². The average Bonchev–Trinajstić information content (AvgIpc) is 2.62. The molecule has 0 saturated heterocycles. The van der Waals surface area contributed by atoms with Crippen LogP contribution in [0.3, 0.4) is 0 Å². The number of hydrogen-bond donors (Lipinski definition) is 1. The molecule has 1 fully saturated rings. The monoisotopic (exact) mass is 287 g/mol. The Morgan fingerprint density at radius 3 is 2.72 bits per heavy atom. The van der Waals surface area contributed by atoms with E-state index in [1.807, 2.05) is 18.7 Å². The Balaban J connectivity index is 2.11. The molecular formula is C11H17N3O2S2. The van der Waals surface area contributed by atoms with Crippen molar-refractivity contribution in [3.05, 3.63) is 5.82 Å². The van der Waals surface area contributed by atoms with Crippen LogP contribution in [0.25, 0.3) is 0 Å². The van der Waals surface area contributed by atoms with Crippen molar-refractivity contribution in [3.8, 4) is 0 Å². The van der Waals surface area contributed by atoms with Gasteiger partial charge in [-0.25, -0.2) is 0 Å². The van der Waals surface area contributed by atoms with Crippen molar-refractivity contribution in [2.24, 2.45) is 0 Å². The molecule has 0 aliphatic heterocycles. The van der Waals surface area contributed by atoms with Crippen LogP contribution >= 0.6 is 23.5 Å². The fourth-order valence-electron chi connectivity index (χ4n) is 2.06. The third-order valence-corrected chi connectivity index (χ3v) is 5.73. The summed E-state index contributed by atoms with van der Waals surface area (Å²) in [6.45, 7) is 2.81. The van der Waals surface area contributed by atoms with Gasteiger partial charge in [0.2, 0.25) is 0 Å². The Labute approximate surface area is 115 Å². The van der Waals surface area contributed by atoms with Gasteiger partial charge >= 0.3 is 5.97 Å². The predicted octanol–water partition coefficient (Wildman–Crippen LogP) is 2.05. The average molecular weight is 287 g/mol. The zero-order chi connectivity index (χ0) is 13.2. The number of thioether (sulfide) groups is 2. The second kappa shape index (κ2) is 5.52. The van der Waals surface area contributed by atoms with Crippen molar-refractivity contribution in [3.63, 3.8) is 0 Å². The van der Waals surface area contributed by atoms with Gasteiger partial charge in [0.05, 0.1) is 5.75 Å². The van der Waals surface area contributed by atoms with E-state index in [4.69, 9.17) is 5.11 Å². The Kier molecular flexibility index (Phi) is 4.21. The first-order valence-corrected chi connectivity index (χ1v) is 8.07. The fraction of sp³-hybridized carbons (Fsp3) is 0.727. The number of nitrogens with zero attached hydrogens (tertiary/aromatic N) is 3. The van der Waals surface area contributed by atoms with Crippen LogP contribution in [0, 0.1) is 6.92 Å². The van der Waals surface area contributed by atoms with Gasteiger partial charge in [-0.2, -0.15) is 11.8 Å². The highest BCUT2D eigenvalue weighted by molar-refractivity contribution is 8.00. The number of carboxylic acid groups (broad SMARTS) is 1. The summed E-state index contributed by atoms with van der Waals surface area (Å²) in [5, 5.41) is 17.6. The van der Waals surface area contributed by atoms with E-state index in [-0.39, 0.29) is 5.75 Å². The van der Waals surface area contributed by atoms with Crippen molar-refractivity contribution in [1.82, 2.24) is 14.8 Å². The number of carboxylic acids is 1. The van der Waals surface area contributed by atoms with Crippen LogP contribution in [0.2, 0.25) is 0 Å². The van der Waals surface area contributed by atoms with E-state index in [1.165, 1.54) is 31.0 Å². The van der Waals surface area contributed by atoms with Gasteiger partial charge in [-0.05, 0) is 26.0 Å². The lowest BCUT2D eigenvalue weighted by Crippen LogP contribution is -2.38. The molecule has 1 aromatic heterocycles. The molecule has 1 aliphatic carbocycles. The SMILES string of the molecule is CSC1(Cn2c(C)nnc2SCC(=O)O)CCC1. The summed E-state index contributed by atoms with van der Waals surface area (Å²) >= 11 is 3.14. The van der Waals surface area contributed by atoms with E-state index in [0.717, 1.165) is 17.5 Å². The fourth-order valence-corrected chi connectivity index (χ4v) is 3.72. The molecule has 0 atom stereocenters. The lowest BCUT2D eigenvalue weighted by molar-refractivity contribution is -0.133. The molecule has 7 heteroatoms. The predicted molar refractivity (Wildman–Crippen MR) is 73.2 cm³/mol. The van der Waals surface area contributed by atoms with Crippen molar-refractivity contribution in [1.29, 1.82) is 0 Å². The first-order chi connectivity index (χ1) is 8.56. The van der Waals surface area contributed by atoms with Gasteiger partial charge in [0, 0.05) is 11.3 Å². The third-order valence-electron chi connectivity index (χ3n) is 3.37. The minimum Gasteiger partial charge on any atom is -0.481 e. The van der Waals surface area contributed by atoms with E-state index >= 15 is 0 Å². The van der Waals surface area contributed by atoms with Crippen molar-refractivity contribution in [2.45, 2.75) is 42.6 Å². The number of rotatable bonds is 6. The number of aliphatic carboxylic acids is 1. The molecular weight excluding hydrogens is 270 g/mol. The zero-order valence-corrected chi connectivity index (χ0v) is 12.2. The summed E-state index contributed by atoms with van der Waals surface area (Å²) in [6, 6.07) is 0. The van der Waals surface area contributed by atoms with Crippen LogP contribution < -0.4 is 0 Å². The summed E-state index contributed by atoms with van der Waals surface area (Å²) in [5.74, 6) is 0.0726. The lowest BCUT2D eigenvalue weighted by Gasteiger charge is -2.40. The number of aromatic nitrogens is 3. The molecule has 0 unspecified atom stereocenters. The van der Waals surface area contributed by atoms with E-state index in [2.05, 4.69) is 21.0 Å². The molecule has 0 aromatic carbocycles. The normalized spacial score (nSPS) is 17.4. The number of carbonyl (C=O) groups is 1. The highest BCUT2D eigenvalue weighted by Gasteiger charge is 2.37. The van der Waals surface area contributed by atoms with Crippen LogP contribution in [0.1, 0.15) is 25.1 Å². The summed E-state index contributed by atoms with van der Waals surface area (Å²) in [6.07, 6.45) is 5.85. The summed E-state index contributed by atoms with van der Waals surface area (Å²) < 4.78 is 2.36. The maximum atomic E-state index is 10.6. The van der Waals surface area contributed by atoms with Gasteiger partial charge in [0.25, 0.3) is 0 Å². The van der Waals surface area contributed by atoms with Crippen LogP contribution in [0.15, 0.2) is 5.16 Å². The molecule has 5 nitrogen and oxygen atoms in total. The molecule has 0 radical (unpaired) electrons. The topological polar surface area (TPSA) is 68.0 Å². The Hall–Kier alpha value is -0.690. The molecule has 0 spiro atoms. The standard InChI is InChI=1S/C11H17N3O2S2/c1-8-12-13-10(18-6-9(15)16)14(8)7-11(17-2)4-3-5-11/h3-7H2,1-2H3,(H,15,16). The van der Waals surface area contributed by atoms with Gasteiger partial charge in [0.15, 0.2) is 5.16 Å². The minimum absolute atomic E-state index is 0.0321. The van der Waals surface area contributed by atoms with Crippen LogP contribution in [-0.4, -0.2) is 42.6 Å². The van der Waals surface area contributed by atoms with E-state index < -0.39 is 5.97 Å². The molecule has 18 heavy (non-hydrogen) atoms. The highest BCUT2D eigenvalue weighted by Crippen LogP contribution is 2.44. The molecule has 1 aliphatic rings. The quantitative estimate of drug-likeness (QED) is 0.808. The second-order valence-electron chi connectivity index (χ2n) is 4.54. The maximum absolute atomic E-state index is 10.6. The molecule has 2 rings (SSSR count). The number of aryl methyl sites for hydroxylation is 1. The van der Waals surface area contributed by atoms with E-state index in [1.54, 1.807) is 0 Å². The van der Waals surface area contributed by atoms with Crippen LogP contribution in [0.5, 0.6) is 0 Å². The Morgan fingerprint density at radius 1 is 1.50 bits per heavy atom. The first-order valence-electron chi connectivity index (χ1n) is 5.86. The van der Waals surface area contributed by atoms with Crippen molar-refractivity contribution in [2.75, 3.05) is 12.0 Å². The van der Waals surface area contributed by atoms with Gasteiger partial charge in [-0.15, -0.1) is 10.2 Å². The van der Waals surface area contributed by atoms with Gasteiger partial charge < -0.3 is 9.67 Å². The number of hydrogen-bond acceptors (Lipinski definition) is 5. The summed E-state index contributed by atoms with van der Waals surface area (Å²) in [5.41, 5.74) is 0. The molecule has 100 valence electrons. The molecule has 0 amide bonds.